The Hall–Kier alpha value is -2.95. The van der Waals surface area contributed by atoms with Crippen LogP contribution in [-0.2, 0) is 19.6 Å². The molecule has 0 N–H and O–H groups in total. The SMILES string of the molecule is CCn1c(Cn2cc[n+](Cc3cccc(C)n3)c2)nc2ccccc21. The molecule has 3 aromatic heterocycles. The van der Waals surface area contributed by atoms with Crippen LogP contribution in [0.25, 0.3) is 11.0 Å². The Morgan fingerprint density at radius 3 is 2.76 bits per heavy atom. The smallest absolute Gasteiger partial charge is 0.244 e. The topological polar surface area (TPSA) is 39.5 Å². The highest BCUT2D eigenvalue weighted by atomic mass is 15.2. The molecule has 0 saturated heterocycles. The van der Waals surface area contributed by atoms with Gasteiger partial charge < -0.3 is 4.57 Å². The molecule has 0 aliphatic carbocycles. The van der Waals surface area contributed by atoms with E-state index in [4.69, 9.17) is 4.98 Å². The minimum absolute atomic E-state index is 0.761. The summed E-state index contributed by atoms with van der Waals surface area (Å²) in [6, 6.07) is 14.5. The molecule has 3 heterocycles. The number of fused-ring (bicyclic) bond motifs is 1. The maximum atomic E-state index is 4.80. The van der Waals surface area contributed by atoms with Gasteiger partial charge in [-0.2, -0.15) is 0 Å². The van der Waals surface area contributed by atoms with Crippen LogP contribution in [0.5, 0.6) is 0 Å². The summed E-state index contributed by atoms with van der Waals surface area (Å²) in [6.07, 6.45) is 6.29. The third kappa shape index (κ3) is 3.18. The average Bonchev–Trinajstić information content (AvgIpc) is 3.18. The van der Waals surface area contributed by atoms with Gasteiger partial charge in [-0.05, 0) is 38.1 Å². The predicted octanol–water partition coefficient (Wildman–Crippen LogP) is 2.95. The van der Waals surface area contributed by atoms with Crippen molar-refractivity contribution in [3.8, 4) is 0 Å². The van der Waals surface area contributed by atoms with Gasteiger partial charge in [-0.15, -0.1) is 0 Å². The minimum Gasteiger partial charge on any atom is -0.325 e. The van der Waals surface area contributed by atoms with Crippen molar-refractivity contribution >= 4 is 11.0 Å². The summed E-state index contributed by atoms with van der Waals surface area (Å²) in [5.74, 6) is 1.08. The summed E-state index contributed by atoms with van der Waals surface area (Å²) in [7, 11) is 0. The van der Waals surface area contributed by atoms with Gasteiger partial charge in [0, 0.05) is 12.2 Å². The lowest BCUT2D eigenvalue weighted by Gasteiger charge is -2.03. The zero-order chi connectivity index (χ0) is 17.2. The lowest BCUT2D eigenvalue weighted by atomic mass is 10.3. The fourth-order valence-corrected chi connectivity index (χ4v) is 3.26. The normalized spacial score (nSPS) is 11.3. The molecule has 0 saturated carbocycles. The first-order chi connectivity index (χ1) is 12.2. The van der Waals surface area contributed by atoms with Gasteiger partial charge >= 0.3 is 0 Å². The van der Waals surface area contributed by atoms with Gasteiger partial charge in [-0.1, -0.05) is 18.2 Å². The molecule has 0 bridgehead atoms. The first-order valence-corrected chi connectivity index (χ1v) is 8.64. The van der Waals surface area contributed by atoms with E-state index in [0.29, 0.717) is 0 Å². The van der Waals surface area contributed by atoms with Crippen LogP contribution < -0.4 is 4.57 Å². The third-order valence-corrected chi connectivity index (χ3v) is 4.41. The Bertz CT molecular complexity index is 1010. The molecular formula is C20H22N5+. The average molecular weight is 332 g/mol. The number of nitrogens with zero attached hydrogens (tertiary/aromatic N) is 5. The summed E-state index contributed by atoms with van der Waals surface area (Å²) >= 11 is 0. The number of pyridine rings is 1. The number of imidazole rings is 2. The maximum Gasteiger partial charge on any atom is 0.244 e. The second-order valence-corrected chi connectivity index (χ2v) is 6.29. The Morgan fingerprint density at radius 1 is 1.04 bits per heavy atom. The monoisotopic (exact) mass is 332 g/mol. The minimum atomic E-state index is 0.761. The van der Waals surface area contributed by atoms with Crippen LogP contribution in [0.15, 0.2) is 61.2 Å². The van der Waals surface area contributed by atoms with E-state index in [1.807, 2.05) is 19.1 Å². The molecule has 5 nitrogen and oxygen atoms in total. The summed E-state index contributed by atoms with van der Waals surface area (Å²) < 4.78 is 6.60. The Morgan fingerprint density at radius 2 is 1.92 bits per heavy atom. The molecule has 0 spiro atoms. The fraction of sp³-hybridized carbons (Fsp3) is 0.250. The molecule has 0 aliphatic heterocycles. The molecule has 0 fully saturated rings. The summed E-state index contributed by atoms with van der Waals surface area (Å²) in [4.78, 5) is 9.38. The highest BCUT2D eigenvalue weighted by molar-refractivity contribution is 5.75. The van der Waals surface area contributed by atoms with Crippen LogP contribution in [-0.4, -0.2) is 19.1 Å². The number of hydrogen-bond donors (Lipinski definition) is 0. The van der Waals surface area contributed by atoms with Gasteiger partial charge in [-0.25, -0.2) is 14.1 Å². The molecule has 5 heteroatoms. The van der Waals surface area contributed by atoms with Crippen molar-refractivity contribution in [1.82, 2.24) is 19.1 Å². The van der Waals surface area contributed by atoms with E-state index in [9.17, 15) is 0 Å². The Kier molecular flexibility index (Phi) is 4.06. The van der Waals surface area contributed by atoms with E-state index in [1.165, 1.54) is 5.52 Å². The molecule has 1 aromatic carbocycles. The molecule has 0 aliphatic rings. The summed E-state index contributed by atoms with van der Waals surface area (Å²) in [5.41, 5.74) is 4.38. The van der Waals surface area contributed by atoms with Crippen LogP contribution in [0.3, 0.4) is 0 Å². The lowest BCUT2D eigenvalue weighted by Crippen LogP contribution is -2.32. The third-order valence-electron chi connectivity index (χ3n) is 4.41. The van der Waals surface area contributed by atoms with E-state index in [1.54, 1.807) is 0 Å². The molecule has 0 unspecified atom stereocenters. The highest BCUT2D eigenvalue weighted by Crippen LogP contribution is 2.16. The van der Waals surface area contributed by atoms with E-state index < -0.39 is 0 Å². The van der Waals surface area contributed by atoms with E-state index >= 15 is 0 Å². The zero-order valence-corrected chi connectivity index (χ0v) is 14.6. The molecule has 0 amide bonds. The standard InChI is InChI=1S/C20H22N5/c1-3-25-19-10-5-4-9-18(19)22-20(25)14-24-12-11-23(15-24)13-17-8-6-7-16(2)21-17/h4-12,15H,3,13-14H2,1-2H3/q+1. The zero-order valence-electron chi connectivity index (χ0n) is 14.6. The van der Waals surface area contributed by atoms with E-state index in [0.717, 1.165) is 42.4 Å². The van der Waals surface area contributed by atoms with Crippen LogP contribution in [0.4, 0.5) is 0 Å². The number of rotatable bonds is 5. The number of para-hydroxylation sites is 2. The van der Waals surface area contributed by atoms with Crippen molar-refractivity contribution in [3.05, 3.63) is 78.4 Å². The molecule has 4 rings (SSSR count). The van der Waals surface area contributed by atoms with Crippen molar-refractivity contribution in [2.24, 2.45) is 0 Å². The van der Waals surface area contributed by atoms with Gasteiger partial charge in [0.25, 0.3) is 0 Å². The predicted molar refractivity (Wildman–Crippen MR) is 97.2 cm³/mol. The number of hydrogen-bond acceptors (Lipinski definition) is 2. The number of aryl methyl sites for hydroxylation is 2. The molecule has 126 valence electrons. The van der Waals surface area contributed by atoms with Crippen LogP contribution in [0.2, 0.25) is 0 Å². The van der Waals surface area contributed by atoms with Crippen LogP contribution >= 0.6 is 0 Å². The highest BCUT2D eigenvalue weighted by Gasteiger charge is 2.13. The summed E-state index contributed by atoms with van der Waals surface area (Å²) in [6.45, 7) is 6.64. The van der Waals surface area contributed by atoms with Crippen molar-refractivity contribution < 1.29 is 4.57 Å². The van der Waals surface area contributed by atoms with Crippen molar-refractivity contribution in [1.29, 1.82) is 0 Å². The van der Waals surface area contributed by atoms with Crippen molar-refractivity contribution in [2.45, 2.75) is 33.5 Å². The van der Waals surface area contributed by atoms with Gasteiger partial charge in [0.15, 0.2) is 5.82 Å². The van der Waals surface area contributed by atoms with E-state index in [2.05, 4.69) is 74.7 Å². The van der Waals surface area contributed by atoms with Crippen LogP contribution in [0, 0.1) is 6.92 Å². The number of benzene rings is 1. The lowest BCUT2D eigenvalue weighted by molar-refractivity contribution is -0.688. The summed E-state index contributed by atoms with van der Waals surface area (Å²) in [5, 5.41) is 0. The van der Waals surface area contributed by atoms with E-state index in [-0.39, 0.29) is 0 Å². The van der Waals surface area contributed by atoms with Crippen LogP contribution in [0.1, 0.15) is 24.1 Å². The van der Waals surface area contributed by atoms with Crippen molar-refractivity contribution in [2.75, 3.05) is 0 Å². The molecular weight excluding hydrogens is 310 g/mol. The maximum absolute atomic E-state index is 4.80. The van der Waals surface area contributed by atoms with Gasteiger partial charge in [-0.3, -0.25) is 4.98 Å². The quantitative estimate of drug-likeness (QED) is 0.527. The Balaban J connectivity index is 1.57. The second kappa shape index (κ2) is 6.51. The second-order valence-electron chi connectivity index (χ2n) is 6.29. The Labute approximate surface area is 147 Å². The largest absolute Gasteiger partial charge is 0.325 e. The molecule has 0 atom stereocenters. The van der Waals surface area contributed by atoms with Gasteiger partial charge in [0.05, 0.1) is 16.7 Å². The van der Waals surface area contributed by atoms with Gasteiger partial charge in [0.1, 0.15) is 25.5 Å². The first kappa shape index (κ1) is 15.6. The number of aromatic nitrogens is 5. The molecule has 4 aromatic rings. The molecule has 25 heavy (non-hydrogen) atoms. The van der Waals surface area contributed by atoms with Crippen molar-refractivity contribution in [3.63, 3.8) is 0 Å². The molecule has 0 radical (unpaired) electrons. The van der Waals surface area contributed by atoms with Gasteiger partial charge in [0.2, 0.25) is 6.33 Å². The first-order valence-electron chi connectivity index (χ1n) is 8.64. The fourth-order valence-electron chi connectivity index (χ4n) is 3.26.